The monoisotopic (exact) mass is 474 g/mol. The minimum absolute atomic E-state index is 0.709. The molecule has 3 nitrogen and oxygen atoms in total. The number of hydrogen-bond donors (Lipinski definition) is 0. The molecule has 94 valence electrons. The number of hydrogen-bond acceptors (Lipinski definition) is 3. The fourth-order valence-corrected chi connectivity index (χ4v) is 2.92. The van der Waals surface area contributed by atoms with Crippen LogP contribution >= 0.6 is 45.2 Å². The lowest BCUT2D eigenvalue weighted by Crippen LogP contribution is -1.84. The van der Waals surface area contributed by atoms with Crippen molar-refractivity contribution in [3.63, 3.8) is 0 Å². The molecule has 0 saturated heterocycles. The second kappa shape index (κ2) is 5.58. The first-order chi connectivity index (χ1) is 9.24. The van der Waals surface area contributed by atoms with Gasteiger partial charge in [0.05, 0.1) is 0 Å². The average Bonchev–Trinajstić information content (AvgIpc) is 2.88. The second-order valence-corrected chi connectivity index (χ2v) is 6.46. The van der Waals surface area contributed by atoms with Crippen molar-refractivity contribution in [1.29, 1.82) is 0 Å². The Balaban J connectivity index is 2.13. The maximum Gasteiger partial charge on any atom is 0.195 e. The van der Waals surface area contributed by atoms with Gasteiger partial charge in [0.2, 0.25) is 0 Å². The van der Waals surface area contributed by atoms with E-state index in [-0.39, 0.29) is 0 Å². The van der Waals surface area contributed by atoms with Crippen LogP contribution in [0.1, 0.15) is 0 Å². The highest BCUT2D eigenvalue weighted by Gasteiger charge is 2.14. The molecule has 1 aromatic heterocycles. The summed E-state index contributed by atoms with van der Waals surface area (Å²) < 4.78 is 7.64. The zero-order valence-corrected chi connectivity index (χ0v) is 14.0. The zero-order valence-electron chi connectivity index (χ0n) is 9.68. The van der Waals surface area contributed by atoms with Crippen LogP contribution in [0.3, 0.4) is 0 Å². The van der Waals surface area contributed by atoms with Crippen molar-refractivity contribution in [3.05, 3.63) is 55.7 Å². The van der Waals surface area contributed by atoms with Crippen molar-refractivity contribution in [1.82, 2.24) is 10.4 Å². The molecular formula is C14H8I2N2O. The van der Waals surface area contributed by atoms with E-state index in [9.17, 15) is 0 Å². The summed E-state index contributed by atoms with van der Waals surface area (Å²) >= 11 is 4.56. The third kappa shape index (κ3) is 2.81. The van der Waals surface area contributed by atoms with Gasteiger partial charge in [-0.3, -0.25) is 0 Å². The van der Waals surface area contributed by atoms with E-state index in [1.54, 1.807) is 0 Å². The van der Waals surface area contributed by atoms with E-state index >= 15 is 0 Å². The van der Waals surface area contributed by atoms with Gasteiger partial charge in [-0.05, 0) is 69.4 Å². The third-order valence-corrected chi connectivity index (χ3v) is 4.01. The van der Waals surface area contributed by atoms with Crippen LogP contribution in [0.2, 0.25) is 0 Å². The van der Waals surface area contributed by atoms with Gasteiger partial charge in [0.25, 0.3) is 0 Å². The molecule has 2 aromatic carbocycles. The lowest BCUT2D eigenvalue weighted by molar-refractivity contribution is 0.403. The zero-order chi connectivity index (χ0) is 13.2. The summed E-state index contributed by atoms with van der Waals surface area (Å²) in [5.41, 5.74) is 2.79. The lowest BCUT2D eigenvalue weighted by Gasteiger charge is -2.01. The summed E-state index contributed by atoms with van der Waals surface area (Å²) in [5.74, 6) is 0.709. The molecule has 3 rings (SSSR count). The fraction of sp³-hybridized carbons (Fsp3) is 0. The van der Waals surface area contributed by atoms with Gasteiger partial charge >= 0.3 is 0 Å². The molecule has 0 amide bonds. The molecule has 0 atom stereocenters. The molecule has 1 heterocycles. The van der Waals surface area contributed by atoms with Crippen molar-refractivity contribution < 1.29 is 4.52 Å². The van der Waals surface area contributed by atoms with Gasteiger partial charge in [0.1, 0.15) is 5.69 Å². The van der Waals surface area contributed by atoms with Crippen LogP contribution in [0.4, 0.5) is 0 Å². The maximum absolute atomic E-state index is 5.33. The van der Waals surface area contributed by atoms with Crippen molar-refractivity contribution in [3.8, 4) is 22.6 Å². The van der Waals surface area contributed by atoms with Crippen molar-refractivity contribution >= 4 is 45.2 Å². The summed E-state index contributed by atoms with van der Waals surface area (Å²) in [7, 11) is 0. The molecule has 0 radical (unpaired) electrons. The molecule has 0 aliphatic carbocycles. The Bertz CT molecular complexity index is 665. The van der Waals surface area contributed by atoms with E-state index in [1.165, 1.54) is 0 Å². The van der Waals surface area contributed by atoms with Crippen LogP contribution in [-0.2, 0) is 0 Å². The third-order valence-electron chi connectivity index (χ3n) is 2.67. The molecule has 19 heavy (non-hydrogen) atoms. The van der Waals surface area contributed by atoms with Crippen LogP contribution in [0.15, 0.2) is 53.1 Å². The summed E-state index contributed by atoms with van der Waals surface area (Å²) in [5, 5.41) is 7.82. The van der Waals surface area contributed by atoms with Gasteiger partial charge in [-0.2, -0.15) is 0 Å². The minimum atomic E-state index is 0.709. The molecule has 0 bridgehead atoms. The lowest BCUT2D eigenvalue weighted by atomic mass is 10.1. The van der Waals surface area contributed by atoms with Gasteiger partial charge in [-0.15, -0.1) is 5.10 Å². The van der Waals surface area contributed by atoms with E-state index in [0.717, 1.165) is 24.0 Å². The van der Waals surface area contributed by atoms with E-state index in [0.29, 0.717) is 5.76 Å². The predicted octanol–water partition coefficient (Wildman–Crippen LogP) is 4.61. The fourth-order valence-electron chi connectivity index (χ4n) is 1.83. The van der Waals surface area contributed by atoms with Gasteiger partial charge in [-0.1, -0.05) is 24.3 Å². The number of benzene rings is 2. The van der Waals surface area contributed by atoms with E-state index in [4.69, 9.17) is 4.52 Å². The summed E-state index contributed by atoms with van der Waals surface area (Å²) in [6.07, 6.45) is 0. The maximum atomic E-state index is 5.33. The van der Waals surface area contributed by atoms with Crippen LogP contribution in [0.25, 0.3) is 22.6 Å². The highest BCUT2D eigenvalue weighted by molar-refractivity contribution is 14.1. The first-order valence-electron chi connectivity index (χ1n) is 5.58. The Hall–Kier alpha value is -0.960. The first kappa shape index (κ1) is 13.0. The van der Waals surface area contributed by atoms with Crippen LogP contribution < -0.4 is 0 Å². The number of nitrogens with zero attached hydrogens (tertiary/aromatic N) is 2. The Kier molecular flexibility index (Phi) is 3.83. The molecule has 0 aliphatic rings. The normalized spacial score (nSPS) is 10.6. The molecule has 0 aliphatic heterocycles. The van der Waals surface area contributed by atoms with Crippen molar-refractivity contribution in [2.75, 3.05) is 0 Å². The second-order valence-electron chi connectivity index (χ2n) is 3.97. The molecule has 0 saturated carbocycles. The minimum Gasteiger partial charge on any atom is -0.336 e. The predicted molar refractivity (Wildman–Crippen MR) is 90.6 cm³/mol. The Labute approximate surface area is 137 Å². The number of rotatable bonds is 2. The molecular weight excluding hydrogens is 466 g/mol. The van der Waals surface area contributed by atoms with Crippen molar-refractivity contribution in [2.24, 2.45) is 0 Å². The first-order valence-corrected chi connectivity index (χ1v) is 7.74. The molecule has 5 heteroatoms. The smallest absolute Gasteiger partial charge is 0.195 e. The van der Waals surface area contributed by atoms with E-state index in [2.05, 4.69) is 67.7 Å². The summed E-state index contributed by atoms with van der Waals surface area (Å²) in [6, 6.07) is 16.2. The van der Waals surface area contributed by atoms with Gasteiger partial charge in [0, 0.05) is 23.5 Å². The summed E-state index contributed by atoms with van der Waals surface area (Å²) in [6.45, 7) is 0. The average molecular weight is 474 g/mol. The SMILES string of the molecule is Ic1cccc(-c2nnoc2-c2cccc(I)c2)c1. The van der Waals surface area contributed by atoms with Gasteiger partial charge in [-0.25, -0.2) is 0 Å². The van der Waals surface area contributed by atoms with E-state index in [1.807, 2.05) is 36.4 Å². The molecule has 3 aromatic rings. The molecule has 0 N–H and O–H groups in total. The summed E-state index contributed by atoms with van der Waals surface area (Å²) in [4.78, 5) is 0. The Morgan fingerprint density at radius 1 is 0.842 bits per heavy atom. The molecule has 0 fully saturated rings. The van der Waals surface area contributed by atoms with Crippen LogP contribution in [0, 0.1) is 7.14 Å². The van der Waals surface area contributed by atoms with Crippen molar-refractivity contribution in [2.45, 2.75) is 0 Å². The quantitative estimate of drug-likeness (QED) is 0.510. The van der Waals surface area contributed by atoms with Gasteiger partial charge < -0.3 is 4.52 Å². The topological polar surface area (TPSA) is 38.9 Å². The number of halogens is 2. The highest BCUT2D eigenvalue weighted by Crippen LogP contribution is 2.31. The Morgan fingerprint density at radius 2 is 1.47 bits per heavy atom. The highest BCUT2D eigenvalue weighted by atomic mass is 127. The van der Waals surface area contributed by atoms with Crippen LogP contribution in [-0.4, -0.2) is 10.4 Å². The number of aromatic nitrogens is 2. The van der Waals surface area contributed by atoms with E-state index < -0.39 is 0 Å². The molecule has 0 unspecified atom stereocenters. The Morgan fingerprint density at radius 3 is 2.16 bits per heavy atom. The standard InChI is InChI=1S/C14H8I2N2O/c15-11-5-1-3-9(7-11)13-14(19-18-17-13)10-4-2-6-12(16)8-10/h1-8H. The van der Waals surface area contributed by atoms with Crippen LogP contribution in [0.5, 0.6) is 0 Å². The molecule has 0 spiro atoms. The van der Waals surface area contributed by atoms with Gasteiger partial charge in [0.15, 0.2) is 5.76 Å². The largest absolute Gasteiger partial charge is 0.336 e.